The largest absolute Gasteiger partial charge is 0.417 e. The van der Waals surface area contributed by atoms with E-state index in [1.54, 1.807) is 26.1 Å². The van der Waals surface area contributed by atoms with Crippen LogP contribution in [0, 0.1) is 0 Å². The zero-order chi connectivity index (χ0) is 14.0. The highest BCUT2D eigenvalue weighted by Crippen LogP contribution is 2.15. The lowest BCUT2D eigenvalue weighted by atomic mass is 10.2. The lowest BCUT2D eigenvalue weighted by molar-refractivity contribution is 0.153. The maximum atomic E-state index is 11.7. The topological polar surface area (TPSA) is 76.0 Å². The van der Waals surface area contributed by atoms with Crippen LogP contribution in [0.2, 0.25) is 0 Å². The van der Waals surface area contributed by atoms with Gasteiger partial charge in [0.2, 0.25) is 5.90 Å². The summed E-state index contributed by atoms with van der Waals surface area (Å²) in [6.07, 6.45) is -0.477. The Hall–Kier alpha value is -1.89. The highest BCUT2D eigenvalue weighted by molar-refractivity contribution is 7.91. The normalized spacial score (nSPS) is 16.0. The zero-order valence-corrected chi connectivity index (χ0v) is 11.5. The Morgan fingerprint density at radius 2 is 1.95 bits per heavy atom. The molecule has 0 N–H and O–H groups in total. The number of amides is 1. The minimum Gasteiger partial charge on any atom is -0.391 e. The monoisotopic (exact) mass is 282 g/mol. The van der Waals surface area contributed by atoms with Crippen molar-refractivity contribution in [3.63, 3.8) is 0 Å². The van der Waals surface area contributed by atoms with Crippen LogP contribution in [0.4, 0.5) is 4.79 Å². The minimum absolute atomic E-state index is 0.0487. The Labute approximate surface area is 111 Å². The summed E-state index contributed by atoms with van der Waals surface area (Å²) in [7, 11) is -1.64. The molecule has 1 aromatic carbocycles. The van der Waals surface area contributed by atoms with Crippen LogP contribution in [0.3, 0.4) is 0 Å². The van der Waals surface area contributed by atoms with Gasteiger partial charge >= 0.3 is 6.09 Å². The summed E-state index contributed by atoms with van der Waals surface area (Å²) in [4.78, 5) is 17.1. The highest BCUT2D eigenvalue weighted by atomic mass is 32.2. The Bertz CT molecular complexity index is 620. The third kappa shape index (κ3) is 2.76. The third-order valence-corrected chi connectivity index (χ3v) is 4.51. The molecule has 0 aromatic heterocycles. The van der Waals surface area contributed by atoms with E-state index < -0.39 is 15.9 Å². The number of aliphatic imine (C=N–C) groups is 1. The Morgan fingerprint density at radius 1 is 1.32 bits per heavy atom. The van der Waals surface area contributed by atoms with Crippen LogP contribution in [0.5, 0.6) is 0 Å². The number of sulfone groups is 1. The van der Waals surface area contributed by atoms with Gasteiger partial charge in [-0.1, -0.05) is 6.92 Å². The summed E-state index contributed by atoms with van der Waals surface area (Å²) in [6.45, 7) is 1.81. The summed E-state index contributed by atoms with van der Waals surface area (Å²) >= 11 is 0. The molecule has 2 rings (SSSR count). The van der Waals surface area contributed by atoms with E-state index in [4.69, 9.17) is 4.74 Å². The van der Waals surface area contributed by atoms with Crippen LogP contribution in [-0.4, -0.2) is 44.8 Å². The van der Waals surface area contributed by atoms with Crippen LogP contribution in [0.1, 0.15) is 12.5 Å². The number of ether oxygens (including phenoxy) is 1. The number of carbonyl (C=O) groups is 1. The lowest BCUT2D eigenvalue weighted by Gasteiger charge is -2.20. The van der Waals surface area contributed by atoms with Crippen LogP contribution in [-0.2, 0) is 14.6 Å². The van der Waals surface area contributed by atoms with Crippen molar-refractivity contribution in [2.75, 3.05) is 19.5 Å². The number of rotatable bonds is 3. The van der Waals surface area contributed by atoms with Crippen molar-refractivity contribution in [2.45, 2.75) is 11.8 Å². The predicted octanol–water partition coefficient (Wildman–Crippen LogP) is 1.27. The van der Waals surface area contributed by atoms with Crippen molar-refractivity contribution in [3.05, 3.63) is 29.8 Å². The average molecular weight is 282 g/mol. The standard InChI is InChI=1S/C12H14N2O4S/c1-3-19(16,17)10-6-4-9(5-7-10)11-13-8-14(2)12(15)18-11/h4-7H,3,8H2,1-2H3. The van der Waals surface area contributed by atoms with Crippen molar-refractivity contribution in [3.8, 4) is 0 Å². The summed E-state index contributed by atoms with van der Waals surface area (Å²) in [5.41, 5.74) is 0.580. The van der Waals surface area contributed by atoms with Crippen LogP contribution in [0.25, 0.3) is 0 Å². The van der Waals surface area contributed by atoms with Gasteiger partial charge in [0.25, 0.3) is 0 Å². The highest BCUT2D eigenvalue weighted by Gasteiger charge is 2.20. The Morgan fingerprint density at radius 3 is 2.47 bits per heavy atom. The molecule has 0 saturated heterocycles. The smallest absolute Gasteiger partial charge is 0.391 e. The first-order valence-electron chi connectivity index (χ1n) is 5.74. The van der Waals surface area contributed by atoms with E-state index in [-0.39, 0.29) is 23.2 Å². The van der Waals surface area contributed by atoms with Crippen molar-refractivity contribution < 1.29 is 17.9 Å². The van der Waals surface area contributed by atoms with Gasteiger partial charge in [-0.05, 0) is 24.3 Å². The lowest BCUT2D eigenvalue weighted by Crippen LogP contribution is -2.34. The van der Waals surface area contributed by atoms with E-state index in [0.717, 1.165) is 0 Å². The minimum atomic E-state index is -3.22. The van der Waals surface area contributed by atoms with E-state index in [9.17, 15) is 13.2 Å². The fourth-order valence-electron chi connectivity index (χ4n) is 1.54. The number of nitrogens with zero attached hydrogens (tertiary/aromatic N) is 2. The average Bonchev–Trinajstić information content (AvgIpc) is 2.42. The molecular weight excluding hydrogens is 268 g/mol. The van der Waals surface area contributed by atoms with Gasteiger partial charge < -0.3 is 4.74 Å². The first kappa shape index (κ1) is 13.5. The van der Waals surface area contributed by atoms with Crippen molar-refractivity contribution in [2.24, 2.45) is 4.99 Å². The maximum Gasteiger partial charge on any atom is 0.417 e. The SMILES string of the molecule is CCS(=O)(=O)c1ccc(C2=NCN(C)C(=O)O2)cc1. The molecule has 0 aliphatic carbocycles. The number of carbonyl (C=O) groups excluding carboxylic acids is 1. The van der Waals surface area contributed by atoms with Gasteiger partial charge in [0, 0.05) is 12.6 Å². The summed E-state index contributed by atoms with van der Waals surface area (Å²) in [5, 5.41) is 0. The van der Waals surface area contributed by atoms with Gasteiger partial charge in [0.05, 0.1) is 10.6 Å². The molecule has 0 saturated carbocycles. The molecule has 1 heterocycles. The van der Waals surface area contributed by atoms with Gasteiger partial charge in [0.1, 0.15) is 6.67 Å². The number of hydrogen-bond donors (Lipinski definition) is 0. The molecule has 1 aliphatic rings. The van der Waals surface area contributed by atoms with Crippen molar-refractivity contribution >= 4 is 21.8 Å². The van der Waals surface area contributed by atoms with Gasteiger partial charge in [0.15, 0.2) is 9.84 Å². The molecule has 7 heteroatoms. The zero-order valence-electron chi connectivity index (χ0n) is 10.7. The third-order valence-electron chi connectivity index (χ3n) is 2.76. The Balaban J connectivity index is 2.27. The first-order valence-corrected chi connectivity index (χ1v) is 7.40. The van der Waals surface area contributed by atoms with Gasteiger partial charge in [-0.15, -0.1) is 0 Å². The van der Waals surface area contributed by atoms with E-state index in [1.165, 1.54) is 17.0 Å². The second kappa shape index (κ2) is 5.00. The second-order valence-corrected chi connectivity index (χ2v) is 6.38. The van der Waals surface area contributed by atoms with E-state index >= 15 is 0 Å². The van der Waals surface area contributed by atoms with Gasteiger partial charge in [-0.25, -0.2) is 18.2 Å². The quantitative estimate of drug-likeness (QED) is 0.836. The summed E-state index contributed by atoms with van der Waals surface area (Å²) in [5.74, 6) is 0.260. The number of cyclic esters (lactones) is 1. The number of benzene rings is 1. The maximum absolute atomic E-state index is 11.7. The molecule has 102 valence electrons. The molecule has 0 spiro atoms. The first-order chi connectivity index (χ1) is 8.94. The molecule has 0 atom stereocenters. The van der Waals surface area contributed by atoms with E-state index in [2.05, 4.69) is 4.99 Å². The van der Waals surface area contributed by atoms with Crippen LogP contribution in [0.15, 0.2) is 34.2 Å². The molecular formula is C12H14N2O4S. The molecule has 6 nitrogen and oxygen atoms in total. The predicted molar refractivity (Wildman–Crippen MR) is 69.8 cm³/mol. The van der Waals surface area contributed by atoms with Gasteiger partial charge in [-0.3, -0.25) is 4.90 Å². The van der Waals surface area contributed by atoms with Crippen LogP contribution >= 0.6 is 0 Å². The molecule has 1 aliphatic heterocycles. The summed E-state index contributed by atoms with van der Waals surface area (Å²) < 4.78 is 28.3. The number of hydrogen-bond acceptors (Lipinski definition) is 5. The molecule has 0 bridgehead atoms. The van der Waals surface area contributed by atoms with Crippen molar-refractivity contribution in [1.29, 1.82) is 0 Å². The molecule has 1 amide bonds. The molecule has 19 heavy (non-hydrogen) atoms. The van der Waals surface area contributed by atoms with E-state index in [0.29, 0.717) is 5.56 Å². The fraction of sp³-hybridized carbons (Fsp3) is 0.333. The Kier molecular flexibility index (Phi) is 3.57. The molecule has 0 fully saturated rings. The molecule has 1 aromatic rings. The van der Waals surface area contributed by atoms with Gasteiger partial charge in [-0.2, -0.15) is 0 Å². The summed E-state index contributed by atoms with van der Waals surface area (Å²) in [6, 6.07) is 6.14. The second-order valence-electron chi connectivity index (χ2n) is 4.10. The van der Waals surface area contributed by atoms with E-state index in [1.807, 2.05) is 0 Å². The molecule has 0 unspecified atom stereocenters. The van der Waals surface area contributed by atoms with Crippen molar-refractivity contribution in [1.82, 2.24) is 4.90 Å². The van der Waals surface area contributed by atoms with Crippen LogP contribution < -0.4 is 0 Å². The fourth-order valence-corrected chi connectivity index (χ4v) is 2.43. The molecule has 0 radical (unpaired) electrons.